The molecule has 1 unspecified atom stereocenters. The van der Waals surface area contributed by atoms with Crippen LogP contribution in [0, 0.1) is 0 Å². The summed E-state index contributed by atoms with van der Waals surface area (Å²) in [4.78, 5) is 22.5. The van der Waals surface area contributed by atoms with Gasteiger partial charge in [0, 0.05) is 11.3 Å². The third-order valence-corrected chi connectivity index (χ3v) is 3.14. The normalized spacial score (nSPS) is 12.1. The Morgan fingerprint density at radius 1 is 1.43 bits per heavy atom. The highest BCUT2D eigenvalue weighted by Gasteiger charge is 2.14. The van der Waals surface area contributed by atoms with Gasteiger partial charge in [-0.2, -0.15) is 0 Å². The van der Waals surface area contributed by atoms with E-state index in [0.717, 1.165) is 11.2 Å². The second-order valence-corrected chi connectivity index (χ2v) is 4.21. The lowest BCUT2D eigenvalue weighted by Gasteiger charge is -2.09. The molecule has 1 rings (SSSR count). The quantitative estimate of drug-likeness (QED) is 0.550. The zero-order chi connectivity index (χ0) is 10.4. The molecule has 0 spiro atoms. The summed E-state index contributed by atoms with van der Waals surface area (Å²) in [5, 5.41) is -0.241. The molecule has 0 aliphatic rings. The molecule has 0 aromatic heterocycles. The van der Waals surface area contributed by atoms with E-state index in [1.807, 2.05) is 30.3 Å². The minimum Gasteiger partial charge on any atom is -0.303 e. The fourth-order valence-corrected chi connectivity index (χ4v) is 2.03. The summed E-state index contributed by atoms with van der Waals surface area (Å²) in [5.74, 6) is 0.0472. The van der Waals surface area contributed by atoms with Gasteiger partial charge in [0.2, 0.25) is 0 Å². The average Bonchev–Trinajstić information content (AvgIpc) is 2.18. The molecule has 0 N–H and O–H groups in total. The molecule has 1 aromatic carbocycles. The zero-order valence-electron chi connectivity index (χ0n) is 7.97. The number of ketones is 1. The first kappa shape index (κ1) is 11.0. The number of carbonyl (C=O) groups excluding carboxylic acids is 2. The number of aldehydes is 1. The van der Waals surface area contributed by atoms with E-state index in [2.05, 4.69) is 0 Å². The molecule has 1 aromatic rings. The Morgan fingerprint density at radius 2 is 2.07 bits per heavy atom. The monoisotopic (exact) mass is 208 g/mol. The maximum atomic E-state index is 11.2. The lowest BCUT2D eigenvalue weighted by atomic mass is 10.2. The number of benzene rings is 1. The molecule has 1 atom stereocenters. The molecular formula is C11H12O2S. The number of rotatable bonds is 5. The largest absolute Gasteiger partial charge is 0.303 e. The molecule has 0 aliphatic carbocycles. The van der Waals surface area contributed by atoms with Crippen molar-refractivity contribution in [3.63, 3.8) is 0 Å². The van der Waals surface area contributed by atoms with E-state index in [1.165, 1.54) is 18.7 Å². The predicted molar refractivity (Wildman–Crippen MR) is 57.4 cm³/mol. The summed E-state index contributed by atoms with van der Waals surface area (Å²) in [6.07, 6.45) is 1.08. The van der Waals surface area contributed by atoms with Crippen LogP contribution in [0.3, 0.4) is 0 Å². The van der Waals surface area contributed by atoms with E-state index in [4.69, 9.17) is 0 Å². The van der Waals surface area contributed by atoms with Crippen LogP contribution >= 0.6 is 11.8 Å². The van der Waals surface area contributed by atoms with E-state index in [9.17, 15) is 9.59 Å². The van der Waals surface area contributed by atoms with Gasteiger partial charge in [0.1, 0.15) is 12.1 Å². The van der Waals surface area contributed by atoms with Crippen molar-refractivity contribution in [2.75, 3.05) is 0 Å². The van der Waals surface area contributed by atoms with Gasteiger partial charge in [-0.25, -0.2) is 0 Å². The van der Waals surface area contributed by atoms with Crippen LogP contribution in [-0.2, 0) is 9.59 Å². The van der Waals surface area contributed by atoms with E-state index < -0.39 is 0 Å². The maximum absolute atomic E-state index is 11.2. The fraction of sp³-hybridized carbons (Fsp3) is 0.273. The third-order valence-electron chi connectivity index (χ3n) is 1.79. The van der Waals surface area contributed by atoms with Crippen molar-refractivity contribution in [2.24, 2.45) is 0 Å². The summed E-state index contributed by atoms with van der Waals surface area (Å²) < 4.78 is 0. The van der Waals surface area contributed by atoms with Crippen molar-refractivity contribution in [1.82, 2.24) is 0 Å². The van der Waals surface area contributed by atoms with Crippen LogP contribution < -0.4 is 0 Å². The van der Waals surface area contributed by atoms with Crippen molar-refractivity contribution >= 4 is 23.8 Å². The van der Waals surface area contributed by atoms with Gasteiger partial charge in [0.25, 0.3) is 0 Å². The summed E-state index contributed by atoms with van der Waals surface area (Å²) in [7, 11) is 0. The zero-order valence-corrected chi connectivity index (χ0v) is 8.79. The van der Waals surface area contributed by atoms with Gasteiger partial charge in [-0.05, 0) is 19.1 Å². The molecule has 74 valence electrons. The summed E-state index contributed by atoms with van der Waals surface area (Å²) in [5.41, 5.74) is 0. The van der Waals surface area contributed by atoms with Gasteiger partial charge >= 0.3 is 0 Å². The first-order chi connectivity index (χ1) is 6.74. The molecular weight excluding hydrogens is 196 g/mol. The van der Waals surface area contributed by atoms with Crippen LogP contribution in [0.2, 0.25) is 0 Å². The highest BCUT2D eigenvalue weighted by atomic mass is 32.2. The average molecular weight is 208 g/mol. The van der Waals surface area contributed by atoms with E-state index >= 15 is 0 Å². The Labute approximate surface area is 87.7 Å². The van der Waals surface area contributed by atoms with Crippen molar-refractivity contribution < 1.29 is 9.59 Å². The van der Waals surface area contributed by atoms with Crippen LogP contribution in [0.1, 0.15) is 13.3 Å². The summed E-state index contributed by atoms with van der Waals surface area (Å²) in [6, 6.07) is 9.63. The molecule has 0 radical (unpaired) electrons. The fourth-order valence-electron chi connectivity index (χ4n) is 1.05. The SMILES string of the molecule is CC(=O)C(CC=O)Sc1ccccc1. The molecule has 14 heavy (non-hydrogen) atoms. The summed E-state index contributed by atoms with van der Waals surface area (Å²) in [6.45, 7) is 1.52. The Balaban J connectivity index is 2.64. The second-order valence-electron chi connectivity index (χ2n) is 2.93. The highest BCUT2D eigenvalue weighted by Crippen LogP contribution is 2.24. The summed E-state index contributed by atoms with van der Waals surface area (Å²) >= 11 is 1.44. The lowest BCUT2D eigenvalue weighted by molar-refractivity contribution is -0.118. The van der Waals surface area contributed by atoms with E-state index in [0.29, 0.717) is 0 Å². The lowest BCUT2D eigenvalue weighted by Crippen LogP contribution is -2.13. The third kappa shape index (κ3) is 3.34. The van der Waals surface area contributed by atoms with Gasteiger partial charge in [0.15, 0.2) is 0 Å². The predicted octanol–water partition coefficient (Wildman–Crippen LogP) is 2.33. The number of thioether (sulfide) groups is 1. The van der Waals surface area contributed by atoms with Crippen molar-refractivity contribution in [3.8, 4) is 0 Å². The molecule has 0 amide bonds. The molecule has 2 nitrogen and oxygen atoms in total. The van der Waals surface area contributed by atoms with Crippen LogP contribution in [-0.4, -0.2) is 17.3 Å². The Morgan fingerprint density at radius 3 is 2.57 bits per heavy atom. The second kappa shape index (κ2) is 5.60. The molecule has 0 fully saturated rings. The van der Waals surface area contributed by atoms with Gasteiger partial charge in [-0.15, -0.1) is 11.8 Å². The number of carbonyl (C=O) groups is 2. The molecule has 3 heteroatoms. The topological polar surface area (TPSA) is 34.1 Å². The maximum Gasteiger partial charge on any atom is 0.143 e. The first-order valence-corrected chi connectivity index (χ1v) is 5.28. The van der Waals surface area contributed by atoms with Gasteiger partial charge in [0.05, 0.1) is 5.25 Å². The molecule has 0 saturated heterocycles. The highest BCUT2D eigenvalue weighted by molar-refractivity contribution is 8.00. The van der Waals surface area contributed by atoms with E-state index in [-0.39, 0.29) is 17.5 Å². The molecule has 0 bridgehead atoms. The van der Waals surface area contributed by atoms with E-state index in [1.54, 1.807) is 0 Å². The van der Waals surface area contributed by atoms with Gasteiger partial charge in [-0.3, -0.25) is 4.79 Å². The van der Waals surface area contributed by atoms with Crippen LogP contribution in [0.4, 0.5) is 0 Å². The first-order valence-electron chi connectivity index (χ1n) is 4.40. The Hall–Kier alpha value is -1.09. The standard InChI is InChI=1S/C11H12O2S/c1-9(13)11(7-8-12)14-10-5-3-2-4-6-10/h2-6,8,11H,7H2,1H3. The van der Waals surface area contributed by atoms with Crippen molar-refractivity contribution in [3.05, 3.63) is 30.3 Å². The van der Waals surface area contributed by atoms with Gasteiger partial charge in [-0.1, -0.05) is 18.2 Å². The smallest absolute Gasteiger partial charge is 0.143 e. The Bertz CT molecular complexity index is 308. The molecule has 0 heterocycles. The Kier molecular flexibility index (Phi) is 4.40. The minimum atomic E-state index is -0.241. The number of Topliss-reactive ketones (excluding diaryl/α,β-unsaturated/α-hetero) is 1. The van der Waals surface area contributed by atoms with Crippen molar-refractivity contribution in [1.29, 1.82) is 0 Å². The van der Waals surface area contributed by atoms with Crippen molar-refractivity contribution in [2.45, 2.75) is 23.5 Å². The minimum absolute atomic E-state index is 0.0472. The van der Waals surface area contributed by atoms with Crippen LogP contribution in [0.25, 0.3) is 0 Å². The van der Waals surface area contributed by atoms with Crippen LogP contribution in [0.15, 0.2) is 35.2 Å². The number of hydrogen-bond donors (Lipinski definition) is 0. The van der Waals surface area contributed by atoms with Gasteiger partial charge < -0.3 is 4.79 Å². The van der Waals surface area contributed by atoms with Crippen LogP contribution in [0.5, 0.6) is 0 Å². The number of hydrogen-bond acceptors (Lipinski definition) is 3. The molecule has 0 aliphatic heterocycles. The molecule has 0 saturated carbocycles.